The zero-order valence-corrected chi connectivity index (χ0v) is 15.7. The van der Waals surface area contributed by atoms with Gasteiger partial charge in [0.05, 0.1) is 0 Å². The van der Waals surface area contributed by atoms with Crippen molar-refractivity contribution in [2.45, 2.75) is 19.8 Å². The summed E-state index contributed by atoms with van der Waals surface area (Å²) in [6.07, 6.45) is 1.63. The van der Waals surface area contributed by atoms with E-state index in [1.807, 2.05) is 12.1 Å². The topological polar surface area (TPSA) is 32.3 Å². The molecule has 1 fully saturated rings. The molecule has 1 aliphatic rings. The molecule has 2 aromatic carbocycles. The lowest BCUT2D eigenvalue weighted by atomic mass is 9.89. The lowest BCUT2D eigenvalue weighted by Crippen LogP contribution is -2.42. The van der Waals surface area contributed by atoms with Gasteiger partial charge in [-0.15, -0.1) is 0 Å². The van der Waals surface area contributed by atoms with Crippen LogP contribution >= 0.6 is 23.8 Å². The van der Waals surface area contributed by atoms with Gasteiger partial charge in [-0.1, -0.05) is 23.7 Å². The van der Waals surface area contributed by atoms with Crippen molar-refractivity contribution in [3.63, 3.8) is 0 Å². The second-order valence-electron chi connectivity index (χ2n) is 6.43. The molecule has 0 radical (unpaired) electrons. The maximum Gasteiger partial charge on any atom is 0.173 e. The van der Waals surface area contributed by atoms with Crippen molar-refractivity contribution in [3.05, 3.63) is 64.7 Å². The Bertz CT molecular complexity index is 768. The number of ketones is 1. The van der Waals surface area contributed by atoms with Crippen molar-refractivity contribution in [2.75, 3.05) is 18.4 Å². The molecule has 1 saturated heterocycles. The van der Waals surface area contributed by atoms with E-state index in [9.17, 15) is 4.79 Å². The number of anilines is 1. The number of aryl methyl sites for hydroxylation is 1. The zero-order valence-electron chi connectivity index (χ0n) is 14.2. The third-order valence-corrected chi connectivity index (χ3v) is 5.16. The number of carbonyl (C=O) groups excluding carboxylic acids is 1. The van der Waals surface area contributed by atoms with Crippen LogP contribution in [0.25, 0.3) is 0 Å². The Morgan fingerprint density at radius 2 is 1.84 bits per heavy atom. The SMILES string of the molecule is Cc1cccc(NC(=S)N2CCC(C(=O)c3ccc(Cl)cc3)CC2)c1. The van der Waals surface area contributed by atoms with Gasteiger partial charge in [-0.25, -0.2) is 0 Å². The van der Waals surface area contributed by atoms with Crippen LogP contribution in [0.4, 0.5) is 5.69 Å². The summed E-state index contributed by atoms with van der Waals surface area (Å²) >= 11 is 11.4. The first-order valence-electron chi connectivity index (χ1n) is 8.45. The van der Waals surface area contributed by atoms with Crippen molar-refractivity contribution in [1.82, 2.24) is 4.90 Å². The number of thiocarbonyl (C=S) groups is 1. The maximum atomic E-state index is 12.6. The first-order chi connectivity index (χ1) is 12.0. The molecule has 0 amide bonds. The number of hydrogen-bond acceptors (Lipinski definition) is 2. The number of nitrogens with one attached hydrogen (secondary N) is 1. The number of carbonyl (C=O) groups is 1. The lowest BCUT2D eigenvalue weighted by Gasteiger charge is -2.33. The van der Waals surface area contributed by atoms with E-state index in [-0.39, 0.29) is 11.7 Å². The average Bonchev–Trinajstić information content (AvgIpc) is 2.62. The van der Waals surface area contributed by atoms with E-state index in [4.69, 9.17) is 23.8 Å². The van der Waals surface area contributed by atoms with Gasteiger partial charge in [0.1, 0.15) is 0 Å². The fourth-order valence-electron chi connectivity index (χ4n) is 3.12. The molecule has 0 aromatic heterocycles. The monoisotopic (exact) mass is 372 g/mol. The molecule has 1 N–H and O–H groups in total. The number of piperidine rings is 1. The van der Waals surface area contributed by atoms with E-state index in [1.165, 1.54) is 5.56 Å². The summed E-state index contributed by atoms with van der Waals surface area (Å²) in [4.78, 5) is 14.7. The van der Waals surface area contributed by atoms with Crippen LogP contribution in [0.15, 0.2) is 48.5 Å². The molecule has 1 heterocycles. The summed E-state index contributed by atoms with van der Waals surface area (Å²) in [5, 5.41) is 4.67. The van der Waals surface area contributed by atoms with E-state index >= 15 is 0 Å². The smallest absolute Gasteiger partial charge is 0.173 e. The van der Waals surface area contributed by atoms with Gasteiger partial charge in [0.15, 0.2) is 10.9 Å². The number of rotatable bonds is 3. The van der Waals surface area contributed by atoms with Gasteiger partial charge in [-0.2, -0.15) is 0 Å². The fraction of sp³-hybridized carbons (Fsp3) is 0.300. The molecule has 1 aliphatic heterocycles. The minimum atomic E-state index is 0.0548. The summed E-state index contributed by atoms with van der Waals surface area (Å²) < 4.78 is 0. The number of likely N-dealkylation sites (tertiary alicyclic amines) is 1. The van der Waals surface area contributed by atoms with Gasteiger partial charge < -0.3 is 10.2 Å². The van der Waals surface area contributed by atoms with Gasteiger partial charge >= 0.3 is 0 Å². The van der Waals surface area contributed by atoms with E-state index in [1.54, 1.807) is 24.3 Å². The lowest BCUT2D eigenvalue weighted by molar-refractivity contribution is 0.0873. The number of halogens is 1. The molecule has 130 valence electrons. The second kappa shape index (κ2) is 7.98. The minimum Gasteiger partial charge on any atom is -0.349 e. The van der Waals surface area contributed by atoms with Crippen LogP contribution in [-0.2, 0) is 0 Å². The van der Waals surface area contributed by atoms with E-state index in [0.717, 1.165) is 42.3 Å². The highest BCUT2D eigenvalue weighted by Gasteiger charge is 2.26. The Hall–Kier alpha value is -1.91. The molecule has 3 rings (SSSR count). The Morgan fingerprint density at radius 1 is 1.16 bits per heavy atom. The van der Waals surface area contributed by atoms with E-state index in [2.05, 4.69) is 29.3 Å². The highest BCUT2D eigenvalue weighted by molar-refractivity contribution is 7.80. The molecule has 0 aliphatic carbocycles. The van der Waals surface area contributed by atoms with Crippen LogP contribution < -0.4 is 5.32 Å². The zero-order chi connectivity index (χ0) is 17.8. The van der Waals surface area contributed by atoms with Gasteiger partial charge in [0.25, 0.3) is 0 Å². The predicted octanol–water partition coefficient (Wildman–Crippen LogP) is 4.94. The molecule has 0 spiro atoms. The van der Waals surface area contributed by atoms with Crippen molar-refractivity contribution >= 4 is 40.4 Å². The third-order valence-electron chi connectivity index (χ3n) is 4.55. The van der Waals surface area contributed by atoms with Gasteiger partial charge in [0, 0.05) is 35.3 Å². The van der Waals surface area contributed by atoms with Crippen LogP contribution in [0, 0.1) is 12.8 Å². The molecule has 0 unspecified atom stereocenters. The molecule has 0 bridgehead atoms. The van der Waals surface area contributed by atoms with Gasteiger partial charge in [-0.05, 0) is 73.9 Å². The second-order valence-corrected chi connectivity index (χ2v) is 7.26. The number of Topliss-reactive ketones (excluding diaryl/α,β-unsaturated/α-hetero) is 1. The predicted molar refractivity (Wildman–Crippen MR) is 107 cm³/mol. The van der Waals surface area contributed by atoms with Crippen LogP contribution in [0.1, 0.15) is 28.8 Å². The van der Waals surface area contributed by atoms with Crippen LogP contribution in [0.5, 0.6) is 0 Å². The molecule has 2 aromatic rings. The number of nitrogens with zero attached hydrogens (tertiary/aromatic N) is 1. The summed E-state index contributed by atoms with van der Waals surface area (Å²) in [6.45, 7) is 3.64. The molecule has 3 nitrogen and oxygen atoms in total. The fourth-order valence-corrected chi connectivity index (χ4v) is 3.55. The summed E-state index contributed by atoms with van der Waals surface area (Å²) in [7, 11) is 0. The standard InChI is InChI=1S/C20H21ClN2OS/c1-14-3-2-4-18(13-14)22-20(25)23-11-9-16(10-12-23)19(24)15-5-7-17(21)8-6-15/h2-8,13,16H,9-12H2,1H3,(H,22,25). The maximum absolute atomic E-state index is 12.6. The third kappa shape index (κ3) is 4.59. The normalized spacial score (nSPS) is 15.0. The number of benzene rings is 2. The van der Waals surface area contributed by atoms with Crippen molar-refractivity contribution in [3.8, 4) is 0 Å². The van der Waals surface area contributed by atoms with Crippen molar-refractivity contribution in [2.24, 2.45) is 5.92 Å². The Morgan fingerprint density at radius 3 is 2.48 bits per heavy atom. The molecule has 0 saturated carbocycles. The highest BCUT2D eigenvalue weighted by atomic mass is 35.5. The summed E-state index contributed by atoms with van der Waals surface area (Å²) in [5.74, 6) is 0.257. The van der Waals surface area contributed by atoms with Crippen LogP contribution in [0.3, 0.4) is 0 Å². The van der Waals surface area contributed by atoms with E-state index < -0.39 is 0 Å². The summed E-state index contributed by atoms with van der Waals surface area (Å²) in [6, 6.07) is 15.3. The number of hydrogen-bond donors (Lipinski definition) is 1. The van der Waals surface area contributed by atoms with Gasteiger partial charge in [0.2, 0.25) is 0 Å². The Labute approximate surface area is 159 Å². The molecule has 5 heteroatoms. The first kappa shape index (κ1) is 17.9. The Balaban J connectivity index is 1.55. The van der Waals surface area contributed by atoms with Gasteiger partial charge in [-0.3, -0.25) is 4.79 Å². The van der Waals surface area contributed by atoms with E-state index in [0.29, 0.717) is 5.02 Å². The Kier molecular flexibility index (Phi) is 5.71. The van der Waals surface area contributed by atoms with Crippen molar-refractivity contribution < 1.29 is 4.79 Å². The molecular weight excluding hydrogens is 352 g/mol. The molecule has 25 heavy (non-hydrogen) atoms. The van der Waals surface area contributed by atoms with Crippen LogP contribution in [-0.4, -0.2) is 28.9 Å². The van der Waals surface area contributed by atoms with Crippen LogP contribution in [0.2, 0.25) is 5.02 Å². The average molecular weight is 373 g/mol. The largest absolute Gasteiger partial charge is 0.349 e. The van der Waals surface area contributed by atoms with Crippen molar-refractivity contribution in [1.29, 1.82) is 0 Å². The molecule has 0 atom stereocenters. The minimum absolute atomic E-state index is 0.0548. The quantitative estimate of drug-likeness (QED) is 0.611. The highest BCUT2D eigenvalue weighted by Crippen LogP contribution is 2.23. The molecular formula is C20H21ClN2OS. The first-order valence-corrected chi connectivity index (χ1v) is 9.24. The summed E-state index contributed by atoms with van der Waals surface area (Å²) in [5.41, 5.74) is 2.94.